The van der Waals surface area contributed by atoms with Gasteiger partial charge in [-0.05, 0) is 26.3 Å². The van der Waals surface area contributed by atoms with Crippen molar-refractivity contribution in [2.24, 2.45) is 5.41 Å². The highest BCUT2D eigenvalue weighted by atomic mass is 16.5. The summed E-state index contributed by atoms with van der Waals surface area (Å²) in [6, 6.07) is 0.162. The fraction of sp³-hybridized carbons (Fsp3) is 0.900. The number of nitrogens with one attached hydrogen (secondary N) is 1. The molecule has 0 unspecified atom stereocenters. The molecule has 80 valence electrons. The first-order valence-corrected chi connectivity index (χ1v) is 5.28. The Bertz CT molecular complexity index is 231. The number of hydrogen-bond acceptors (Lipinski definition) is 4. The van der Waals surface area contributed by atoms with E-state index in [2.05, 4.69) is 5.32 Å². The monoisotopic (exact) mass is 199 g/mol. The maximum atomic E-state index is 11.9. The minimum Gasteiger partial charge on any atom is -0.465 e. The Morgan fingerprint density at radius 3 is 3.36 bits per heavy atom. The lowest BCUT2D eigenvalue weighted by atomic mass is 9.76. The predicted octanol–water partition coefficient (Wildman–Crippen LogP) is 0.318. The third-order valence-corrected chi connectivity index (χ3v) is 3.18. The van der Waals surface area contributed by atoms with Crippen molar-refractivity contribution in [3.63, 3.8) is 0 Å². The molecule has 0 radical (unpaired) electrons. The van der Waals surface area contributed by atoms with Crippen LogP contribution in [0.25, 0.3) is 0 Å². The molecule has 2 aliphatic rings. The summed E-state index contributed by atoms with van der Waals surface area (Å²) in [5.41, 5.74) is -0.395. The van der Waals surface area contributed by atoms with Crippen LogP contribution in [-0.2, 0) is 14.3 Å². The average Bonchev–Trinajstić information content (AvgIpc) is 2.62. The number of carbonyl (C=O) groups excluding carboxylic acids is 1. The van der Waals surface area contributed by atoms with E-state index in [-0.39, 0.29) is 12.0 Å². The first-order chi connectivity index (χ1) is 6.79. The number of carbonyl (C=O) groups is 1. The van der Waals surface area contributed by atoms with Gasteiger partial charge in [0.25, 0.3) is 0 Å². The molecule has 0 aromatic carbocycles. The summed E-state index contributed by atoms with van der Waals surface area (Å²) in [6.45, 7) is 4.43. The second-order valence-corrected chi connectivity index (χ2v) is 4.00. The average molecular weight is 199 g/mol. The van der Waals surface area contributed by atoms with E-state index in [0.717, 1.165) is 19.4 Å². The van der Waals surface area contributed by atoms with Crippen molar-refractivity contribution in [2.75, 3.05) is 26.4 Å². The molecule has 2 atom stereocenters. The van der Waals surface area contributed by atoms with Gasteiger partial charge in [0.1, 0.15) is 5.41 Å². The Morgan fingerprint density at radius 1 is 1.71 bits per heavy atom. The van der Waals surface area contributed by atoms with Crippen LogP contribution >= 0.6 is 0 Å². The van der Waals surface area contributed by atoms with Crippen molar-refractivity contribution < 1.29 is 14.3 Å². The summed E-state index contributed by atoms with van der Waals surface area (Å²) in [4.78, 5) is 11.9. The highest BCUT2D eigenvalue weighted by molar-refractivity contribution is 5.78. The van der Waals surface area contributed by atoms with Gasteiger partial charge in [0.05, 0.1) is 19.8 Å². The molecule has 0 aromatic heterocycles. The third kappa shape index (κ3) is 1.42. The smallest absolute Gasteiger partial charge is 0.316 e. The SMILES string of the molecule is CCOC(=O)[C@@]12CCCN[C@@H]1COC2. The summed E-state index contributed by atoms with van der Waals surface area (Å²) in [6.07, 6.45) is 1.92. The van der Waals surface area contributed by atoms with Gasteiger partial charge in [0.2, 0.25) is 0 Å². The quantitative estimate of drug-likeness (QED) is 0.651. The van der Waals surface area contributed by atoms with Crippen LogP contribution in [-0.4, -0.2) is 38.4 Å². The lowest BCUT2D eigenvalue weighted by Crippen LogP contribution is -2.53. The van der Waals surface area contributed by atoms with Crippen LogP contribution in [0.2, 0.25) is 0 Å². The Hall–Kier alpha value is -0.610. The number of piperidine rings is 1. The molecule has 2 fully saturated rings. The molecule has 2 aliphatic heterocycles. The first kappa shape index (κ1) is 9.93. The highest BCUT2D eigenvalue weighted by Gasteiger charge is 2.52. The van der Waals surface area contributed by atoms with Crippen molar-refractivity contribution in [3.05, 3.63) is 0 Å². The van der Waals surface area contributed by atoms with Crippen LogP contribution in [0, 0.1) is 5.41 Å². The van der Waals surface area contributed by atoms with Crippen molar-refractivity contribution >= 4 is 5.97 Å². The molecule has 2 heterocycles. The van der Waals surface area contributed by atoms with Gasteiger partial charge in [-0.2, -0.15) is 0 Å². The maximum Gasteiger partial charge on any atom is 0.316 e. The van der Waals surface area contributed by atoms with Crippen LogP contribution < -0.4 is 5.32 Å². The molecule has 0 spiro atoms. The number of esters is 1. The second-order valence-electron chi connectivity index (χ2n) is 4.00. The molecule has 0 aromatic rings. The fourth-order valence-electron chi connectivity index (χ4n) is 2.38. The van der Waals surface area contributed by atoms with Crippen molar-refractivity contribution in [2.45, 2.75) is 25.8 Å². The molecule has 2 rings (SSSR count). The molecule has 0 aliphatic carbocycles. The lowest BCUT2D eigenvalue weighted by Gasteiger charge is -2.35. The lowest BCUT2D eigenvalue weighted by molar-refractivity contribution is -0.158. The molecule has 4 nitrogen and oxygen atoms in total. The van der Waals surface area contributed by atoms with Gasteiger partial charge in [-0.25, -0.2) is 0 Å². The summed E-state index contributed by atoms with van der Waals surface area (Å²) in [5.74, 6) is -0.0882. The third-order valence-electron chi connectivity index (χ3n) is 3.18. The van der Waals surface area contributed by atoms with Crippen LogP contribution in [0.4, 0.5) is 0 Å². The summed E-state index contributed by atoms with van der Waals surface area (Å²) >= 11 is 0. The second kappa shape index (κ2) is 3.87. The van der Waals surface area contributed by atoms with Gasteiger partial charge in [-0.1, -0.05) is 0 Å². The van der Waals surface area contributed by atoms with Crippen molar-refractivity contribution in [3.8, 4) is 0 Å². The maximum absolute atomic E-state index is 11.9. The summed E-state index contributed by atoms with van der Waals surface area (Å²) in [7, 11) is 0. The van der Waals surface area contributed by atoms with E-state index in [9.17, 15) is 4.79 Å². The minimum atomic E-state index is -0.395. The normalized spacial score (nSPS) is 36.5. The molecule has 0 amide bonds. The van der Waals surface area contributed by atoms with Crippen LogP contribution in [0.3, 0.4) is 0 Å². The standard InChI is InChI=1S/C10H17NO3/c1-2-14-9(12)10-4-3-5-11-8(10)6-13-7-10/h8,11H,2-7H2,1H3/t8-,10-/m1/s1. The zero-order valence-electron chi connectivity index (χ0n) is 8.54. The molecule has 2 saturated heterocycles. The van der Waals surface area contributed by atoms with Crippen LogP contribution in [0.15, 0.2) is 0 Å². The number of ether oxygens (including phenoxy) is 2. The van der Waals surface area contributed by atoms with Gasteiger partial charge in [0, 0.05) is 6.04 Å². The fourth-order valence-corrected chi connectivity index (χ4v) is 2.38. The van der Waals surface area contributed by atoms with Gasteiger partial charge in [-0.3, -0.25) is 4.79 Å². The van der Waals surface area contributed by atoms with E-state index in [1.54, 1.807) is 0 Å². The van der Waals surface area contributed by atoms with E-state index in [1.165, 1.54) is 0 Å². The van der Waals surface area contributed by atoms with Crippen LogP contribution in [0.5, 0.6) is 0 Å². The van der Waals surface area contributed by atoms with Gasteiger partial charge in [-0.15, -0.1) is 0 Å². The summed E-state index contributed by atoms with van der Waals surface area (Å²) in [5, 5.41) is 3.34. The van der Waals surface area contributed by atoms with Gasteiger partial charge in [0.15, 0.2) is 0 Å². The van der Waals surface area contributed by atoms with E-state index >= 15 is 0 Å². The number of fused-ring (bicyclic) bond motifs is 1. The van der Waals surface area contributed by atoms with Crippen LogP contribution in [0.1, 0.15) is 19.8 Å². The van der Waals surface area contributed by atoms with Crippen molar-refractivity contribution in [1.29, 1.82) is 0 Å². The molecule has 1 N–H and O–H groups in total. The van der Waals surface area contributed by atoms with E-state index in [4.69, 9.17) is 9.47 Å². The summed E-state index contributed by atoms with van der Waals surface area (Å²) < 4.78 is 10.5. The minimum absolute atomic E-state index is 0.0882. The molecular formula is C10H17NO3. The van der Waals surface area contributed by atoms with E-state index < -0.39 is 5.41 Å². The van der Waals surface area contributed by atoms with Crippen molar-refractivity contribution in [1.82, 2.24) is 5.32 Å². The highest BCUT2D eigenvalue weighted by Crippen LogP contribution is 2.37. The van der Waals surface area contributed by atoms with Gasteiger partial charge >= 0.3 is 5.97 Å². The molecule has 0 saturated carbocycles. The van der Waals surface area contributed by atoms with E-state index in [0.29, 0.717) is 19.8 Å². The number of rotatable bonds is 2. The Morgan fingerprint density at radius 2 is 2.57 bits per heavy atom. The first-order valence-electron chi connectivity index (χ1n) is 5.28. The predicted molar refractivity (Wildman–Crippen MR) is 50.9 cm³/mol. The zero-order valence-corrected chi connectivity index (χ0v) is 8.54. The Balaban J connectivity index is 2.13. The van der Waals surface area contributed by atoms with E-state index in [1.807, 2.05) is 6.92 Å². The molecule has 4 heteroatoms. The Labute approximate surface area is 84.0 Å². The largest absolute Gasteiger partial charge is 0.465 e. The number of hydrogen-bond donors (Lipinski definition) is 1. The topological polar surface area (TPSA) is 47.6 Å². The molecule has 14 heavy (non-hydrogen) atoms. The molecular weight excluding hydrogens is 182 g/mol. The zero-order chi connectivity index (χ0) is 10.0. The Kier molecular flexibility index (Phi) is 2.74. The molecule has 0 bridgehead atoms. The van der Waals surface area contributed by atoms with Gasteiger partial charge < -0.3 is 14.8 Å².